The fourth-order valence-electron chi connectivity index (χ4n) is 3.04. The van der Waals surface area contributed by atoms with Crippen molar-refractivity contribution in [1.29, 1.82) is 0 Å². The van der Waals surface area contributed by atoms with Gasteiger partial charge < -0.3 is 9.84 Å². The third kappa shape index (κ3) is 3.07. The number of aromatic nitrogens is 3. The van der Waals surface area contributed by atoms with E-state index in [2.05, 4.69) is 10.1 Å². The summed E-state index contributed by atoms with van der Waals surface area (Å²) in [6, 6.07) is 12.3. The molecule has 0 aliphatic heterocycles. The van der Waals surface area contributed by atoms with Gasteiger partial charge in [-0.1, -0.05) is 0 Å². The van der Waals surface area contributed by atoms with Crippen molar-refractivity contribution in [3.63, 3.8) is 0 Å². The smallest absolute Gasteiger partial charge is 0.220 e. The molecule has 7 heteroatoms. The summed E-state index contributed by atoms with van der Waals surface area (Å²) >= 11 is 0. The number of halogens is 1. The van der Waals surface area contributed by atoms with Gasteiger partial charge in [-0.15, -0.1) is 0 Å². The minimum atomic E-state index is -0.355. The molecule has 0 radical (unpaired) electrons. The maximum Gasteiger partial charge on any atom is 0.220 e. The molecule has 2 aromatic heterocycles. The van der Waals surface area contributed by atoms with Crippen LogP contribution in [0, 0.1) is 12.7 Å². The normalized spacial score (nSPS) is 11.0. The summed E-state index contributed by atoms with van der Waals surface area (Å²) in [6.07, 6.45) is 1.60. The van der Waals surface area contributed by atoms with Crippen LogP contribution in [0.2, 0.25) is 0 Å². The molecule has 0 saturated heterocycles. The first-order valence-electron chi connectivity index (χ1n) is 8.53. The number of benzene rings is 2. The van der Waals surface area contributed by atoms with E-state index in [4.69, 9.17) is 4.74 Å². The summed E-state index contributed by atoms with van der Waals surface area (Å²) in [5.41, 5.74) is 1.62. The largest absolute Gasteiger partial charge is 0.493 e. The lowest BCUT2D eigenvalue weighted by atomic mass is 10.0. The zero-order valence-electron chi connectivity index (χ0n) is 15.2. The van der Waals surface area contributed by atoms with Gasteiger partial charge in [0, 0.05) is 24.2 Å². The summed E-state index contributed by atoms with van der Waals surface area (Å²) in [6.45, 7) is 1.67. The quantitative estimate of drug-likeness (QED) is 0.541. The third-order valence-corrected chi connectivity index (χ3v) is 4.42. The molecule has 0 fully saturated rings. The highest BCUT2D eigenvalue weighted by Crippen LogP contribution is 2.31. The summed E-state index contributed by atoms with van der Waals surface area (Å²) in [7, 11) is 1.57. The topological polar surface area (TPSA) is 77.2 Å². The summed E-state index contributed by atoms with van der Waals surface area (Å²) in [5, 5.41) is 14.8. The Morgan fingerprint density at radius 1 is 1.14 bits per heavy atom. The van der Waals surface area contributed by atoms with Crippen molar-refractivity contribution in [3.8, 4) is 17.4 Å². The molecule has 0 aliphatic rings. The summed E-state index contributed by atoms with van der Waals surface area (Å²) in [5.74, 6) is 0.0642. The number of carbonyl (C=O) groups is 1. The highest BCUT2D eigenvalue weighted by atomic mass is 19.1. The number of ketones is 1. The molecule has 2 aromatic carbocycles. The zero-order valence-corrected chi connectivity index (χ0v) is 15.2. The standard InChI is InChI=1S/C21H16FN3O3/c1-12-19(21(27)25(2)24-12)20(26)13-3-8-17-16(11-13)18(9-10-23-17)28-15-6-4-14(22)5-7-15/h3-11,27H,1-2H3. The van der Waals surface area contributed by atoms with Crippen LogP contribution in [-0.2, 0) is 7.05 Å². The minimum absolute atomic E-state index is 0.159. The average molecular weight is 377 g/mol. The first-order valence-corrected chi connectivity index (χ1v) is 8.53. The molecule has 0 aliphatic carbocycles. The van der Waals surface area contributed by atoms with E-state index in [1.54, 1.807) is 44.4 Å². The van der Waals surface area contributed by atoms with Crippen molar-refractivity contribution in [3.05, 3.63) is 77.4 Å². The number of aromatic hydroxyl groups is 1. The molecule has 0 unspecified atom stereocenters. The molecule has 0 amide bonds. The van der Waals surface area contributed by atoms with Gasteiger partial charge in [-0.25, -0.2) is 9.07 Å². The van der Waals surface area contributed by atoms with Gasteiger partial charge in [-0.3, -0.25) is 9.78 Å². The Morgan fingerprint density at radius 2 is 1.89 bits per heavy atom. The Hall–Kier alpha value is -3.74. The van der Waals surface area contributed by atoms with Crippen LogP contribution < -0.4 is 4.74 Å². The number of hydrogen-bond acceptors (Lipinski definition) is 5. The van der Waals surface area contributed by atoms with Crippen molar-refractivity contribution in [2.45, 2.75) is 6.92 Å². The number of rotatable bonds is 4. The molecular formula is C21H16FN3O3. The van der Waals surface area contributed by atoms with E-state index in [-0.39, 0.29) is 23.0 Å². The third-order valence-electron chi connectivity index (χ3n) is 4.42. The molecule has 140 valence electrons. The molecule has 1 N–H and O–H groups in total. The van der Waals surface area contributed by atoms with Crippen LogP contribution in [0.3, 0.4) is 0 Å². The molecule has 28 heavy (non-hydrogen) atoms. The number of nitrogens with zero attached hydrogens (tertiary/aromatic N) is 3. The maximum atomic E-state index is 13.1. The Morgan fingerprint density at radius 3 is 2.57 bits per heavy atom. The first kappa shape index (κ1) is 17.7. The van der Waals surface area contributed by atoms with E-state index in [0.29, 0.717) is 33.7 Å². The Bertz CT molecular complexity index is 1200. The molecule has 4 aromatic rings. The lowest BCUT2D eigenvalue weighted by Gasteiger charge is -2.10. The van der Waals surface area contributed by atoms with Crippen LogP contribution in [0.25, 0.3) is 10.9 Å². The number of pyridine rings is 1. The molecule has 0 bridgehead atoms. The lowest BCUT2D eigenvalue weighted by molar-refractivity contribution is 0.103. The number of ether oxygens (including phenoxy) is 1. The Labute approximate surface area is 159 Å². The van der Waals surface area contributed by atoms with Gasteiger partial charge >= 0.3 is 0 Å². The fourth-order valence-corrected chi connectivity index (χ4v) is 3.04. The number of aryl methyl sites for hydroxylation is 2. The Balaban J connectivity index is 1.77. The molecule has 0 saturated carbocycles. The maximum absolute atomic E-state index is 13.1. The monoisotopic (exact) mass is 377 g/mol. The average Bonchev–Trinajstić information content (AvgIpc) is 2.94. The second-order valence-electron chi connectivity index (χ2n) is 6.33. The van der Waals surface area contributed by atoms with Crippen LogP contribution >= 0.6 is 0 Å². The van der Waals surface area contributed by atoms with E-state index in [9.17, 15) is 14.3 Å². The predicted octanol–water partition coefficient (Wildman–Crippen LogP) is 4.14. The van der Waals surface area contributed by atoms with E-state index >= 15 is 0 Å². The van der Waals surface area contributed by atoms with E-state index in [0.717, 1.165) is 0 Å². The minimum Gasteiger partial charge on any atom is -0.493 e. The van der Waals surface area contributed by atoms with Gasteiger partial charge in [-0.05, 0) is 55.5 Å². The van der Waals surface area contributed by atoms with Crippen molar-refractivity contribution in [1.82, 2.24) is 14.8 Å². The van der Waals surface area contributed by atoms with Gasteiger partial charge in [0.2, 0.25) is 5.88 Å². The van der Waals surface area contributed by atoms with E-state index < -0.39 is 0 Å². The number of carbonyl (C=O) groups excluding carboxylic acids is 1. The molecule has 2 heterocycles. The van der Waals surface area contributed by atoms with Gasteiger partial charge in [0.1, 0.15) is 22.9 Å². The van der Waals surface area contributed by atoms with Crippen LogP contribution in [0.5, 0.6) is 17.4 Å². The highest BCUT2D eigenvalue weighted by Gasteiger charge is 2.22. The zero-order chi connectivity index (χ0) is 19.8. The van der Waals surface area contributed by atoms with Gasteiger partial charge in [0.25, 0.3) is 0 Å². The second kappa shape index (κ2) is 6.77. The number of hydrogen-bond donors (Lipinski definition) is 1. The lowest BCUT2D eigenvalue weighted by Crippen LogP contribution is -2.03. The van der Waals surface area contributed by atoms with Gasteiger partial charge in [0.15, 0.2) is 5.78 Å². The van der Waals surface area contributed by atoms with Gasteiger partial charge in [0.05, 0.1) is 11.2 Å². The molecule has 0 atom stereocenters. The van der Waals surface area contributed by atoms with E-state index in [1.807, 2.05) is 0 Å². The fraction of sp³-hybridized carbons (Fsp3) is 0.0952. The van der Waals surface area contributed by atoms with Crippen LogP contribution in [0.4, 0.5) is 4.39 Å². The molecule has 0 spiro atoms. The summed E-state index contributed by atoms with van der Waals surface area (Å²) in [4.78, 5) is 17.2. The molecule has 6 nitrogen and oxygen atoms in total. The SMILES string of the molecule is Cc1nn(C)c(O)c1C(=O)c1ccc2nccc(Oc3ccc(F)cc3)c2c1. The highest BCUT2D eigenvalue weighted by molar-refractivity contribution is 6.12. The molecular weight excluding hydrogens is 361 g/mol. The predicted molar refractivity (Wildman–Crippen MR) is 101 cm³/mol. The number of fused-ring (bicyclic) bond motifs is 1. The summed E-state index contributed by atoms with van der Waals surface area (Å²) < 4.78 is 20.2. The Kier molecular flexibility index (Phi) is 4.27. The first-order chi connectivity index (χ1) is 13.4. The molecule has 4 rings (SSSR count). The van der Waals surface area contributed by atoms with Crippen molar-refractivity contribution >= 4 is 16.7 Å². The van der Waals surface area contributed by atoms with Crippen LogP contribution in [0.15, 0.2) is 54.7 Å². The second-order valence-corrected chi connectivity index (χ2v) is 6.33. The van der Waals surface area contributed by atoms with Gasteiger partial charge in [-0.2, -0.15) is 5.10 Å². The van der Waals surface area contributed by atoms with Crippen molar-refractivity contribution in [2.24, 2.45) is 7.05 Å². The van der Waals surface area contributed by atoms with Crippen LogP contribution in [0.1, 0.15) is 21.6 Å². The van der Waals surface area contributed by atoms with Crippen LogP contribution in [-0.4, -0.2) is 25.7 Å². The van der Waals surface area contributed by atoms with Crippen molar-refractivity contribution in [2.75, 3.05) is 0 Å². The van der Waals surface area contributed by atoms with Crippen molar-refractivity contribution < 1.29 is 19.0 Å². The van der Waals surface area contributed by atoms with E-state index in [1.165, 1.54) is 28.9 Å².